The zero-order chi connectivity index (χ0) is 18.0. The Balaban J connectivity index is 1.60. The van der Waals surface area contributed by atoms with Crippen molar-refractivity contribution in [1.29, 1.82) is 0 Å². The summed E-state index contributed by atoms with van der Waals surface area (Å²) in [5, 5.41) is 0.491. The largest absolute Gasteiger partial charge is 0.299 e. The summed E-state index contributed by atoms with van der Waals surface area (Å²) in [7, 11) is 0. The Bertz CT molecular complexity index is 629. The number of rotatable bonds is 1. The van der Waals surface area contributed by atoms with Crippen LogP contribution in [0.5, 0.6) is 0 Å². The monoisotopic (exact) mass is 362 g/mol. The summed E-state index contributed by atoms with van der Waals surface area (Å²) in [6.07, 6.45) is 7.50. The highest BCUT2D eigenvalue weighted by Crippen LogP contribution is 2.65. The van der Waals surface area contributed by atoms with Crippen LogP contribution in [0.25, 0.3) is 0 Å². The third-order valence-electron chi connectivity index (χ3n) is 8.45. The number of ketones is 2. The van der Waals surface area contributed by atoms with E-state index >= 15 is 0 Å². The first kappa shape index (κ1) is 17.8. The Hall–Kier alpha value is -0.640. The zero-order valence-corrected chi connectivity index (χ0v) is 16.5. The van der Waals surface area contributed by atoms with E-state index in [1.54, 1.807) is 6.92 Å². The van der Waals surface area contributed by atoms with Gasteiger partial charge >= 0.3 is 0 Å². The first-order valence-electron chi connectivity index (χ1n) is 9.99. The number of carbonyl (C=O) groups excluding carboxylic acids is 3. The van der Waals surface area contributed by atoms with Crippen molar-refractivity contribution in [2.45, 2.75) is 77.4 Å². The molecule has 7 atom stereocenters. The second kappa shape index (κ2) is 5.94. The molecule has 1 unspecified atom stereocenters. The summed E-state index contributed by atoms with van der Waals surface area (Å²) in [6.45, 7) is 6.15. The van der Waals surface area contributed by atoms with E-state index in [0.717, 1.165) is 44.9 Å². The Morgan fingerprint density at radius 1 is 1.08 bits per heavy atom. The molecule has 0 saturated heterocycles. The van der Waals surface area contributed by atoms with Crippen molar-refractivity contribution in [1.82, 2.24) is 0 Å². The summed E-state index contributed by atoms with van der Waals surface area (Å²) < 4.78 is 0. The minimum atomic E-state index is -0.160. The number of Topliss-reactive ketones (excluding diaryl/α,β-unsaturated/α-hetero) is 2. The number of hydrogen-bond acceptors (Lipinski definition) is 4. The molecule has 0 radical (unpaired) electrons. The van der Waals surface area contributed by atoms with Crippen LogP contribution < -0.4 is 0 Å². The Kier molecular flexibility index (Phi) is 4.22. The zero-order valence-electron chi connectivity index (χ0n) is 15.7. The molecule has 0 N–H and O–H groups in total. The molecule has 0 aromatic rings. The van der Waals surface area contributed by atoms with Gasteiger partial charge in [0, 0.05) is 36.3 Å². The quantitative estimate of drug-likeness (QED) is 0.692. The van der Waals surface area contributed by atoms with Gasteiger partial charge in [0.15, 0.2) is 5.12 Å². The van der Waals surface area contributed by atoms with Gasteiger partial charge in [0.25, 0.3) is 0 Å². The normalized spacial score (nSPS) is 49.3. The molecule has 4 aliphatic carbocycles. The predicted molar refractivity (Wildman–Crippen MR) is 99.2 cm³/mol. The molecule has 25 heavy (non-hydrogen) atoms. The first-order chi connectivity index (χ1) is 11.8. The molecule has 4 heteroatoms. The average Bonchev–Trinajstić information content (AvgIpc) is 2.84. The van der Waals surface area contributed by atoms with Crippen molar-refractivity contribution in [2.24, 2.45) is 34.5 Å². The van der Waals surface area contributed by atoms with Gasteiger partial charge in [0.2, 0.25) is 0 Å². The van der Waals surface area contributed by atoms with Gasteiger partial charge in [-0.05, 0) is 61.7 Å². The average molecular weight is 363 g/mol. The van der Waals surface area contributed by atoms with Gasteiger partial charge in [0.05, 0.1) is 0 Å². The predicted octanol–water partition coefficient (Wildman–Crippen LogP) is 4.43. The fraction of sp³-hybridized carbons (Fsp3) is 0.857. The van der Waals surface area contributed by atoms with Gasteiger partial charge in [0.1, 0.15) is 11.6 Å². The number of thioether (sulfide) groups is 1. The van der Waals surface area contributed by atoms with Crippen LogP contribution in [0, 0.1) is 34.5 Å². The summed E-state index contributed by atoms with van der Waals surface area (Å²) in [6, 6.07) is 0. The first-order valence-corrected chi connectivity index (χ1v) is 10.9. The van der Waals surface area contributed by atoms with Gasteiger partial charge in [-0.3, -0.25) is 14.4 Å². The highest BCUT2D eigenvalue weighted by molar-refractivity contribution is 8.14. The van der Waals surface area contributed by atoms with E-state index in [-0.39, 0.29) is 21.9 Å². The Morgan fingerprint density at radius 3 is 2.56 bits per heavy atom. The molecular weight excluding hydrogens is 332 g/mol. The summed E-state index contributed by atoms with van der Waals surface area (Å²) >= 11 is 1.44. The van der Waals surface area contributed by atoms with E-state index in [1.807, 2.05) is 0 Å². The van der Waals surface area contributed by atoms with Crippen molar-refractivity contribution < 1.29 is 14.4 Å². The van der Waals surface area contributed by atoms with Crippen LogP contribution in [0.3, 0.4) is 0 Å². The molecule has 0 amide bonds. The van der Waals surface area contributed by atoms with Crippen LogP contribution in [0.1, 0.15) is 72.1 Å². The van der Waals surface area contributed by atoms with Crippen molar-refractivity contribution in [2.75, 3.05) is 0 Å². The van der Waals surface area contributed by atoms with E-state index in [2.05, 4.69) is 13.8 Å². The lowest BCUT2D eigenvalue weighted by atomic mass is 9.45. The van der Waals surface area contributed by atoms with E-state index < -0.39 is 0 Å². The summed E-state index contributed by atoms with van der Waals surface area (Å²) in [4.78, 5) is 37.1. The molecule has 4 rings (SSSR count). The van der Waals surface area contributed by atoms with E-state index in [1.165, 1.54) is 11.8 Å². The van der Waals surface area contributed by atoms with Gasteiger partial charge in [-0.1, -0.05) is 25.6 Å². The number of hydrogen-bond donors (Lipinski definition) is 0. The molecule has 4 aliphatic rings. The maximum atomic E-state index is 13.1. The lowest BCUT2D eigenvalue weighted by molar-refractivity contribution is -0.155. The SMILES string of the molecule is CC(=O)S[C@H]1CC[C@@]2(C)C(C1)C(=O)C[C@@H]1[C@@H]2CC[C@]2(C)C(=O)CC[C@@H]12. The maximum absolute atomic E-state index is 13.1. The van der Waals surface area contributed by atoms with Gasteiger partial charge in [-0.2, -0.15) is 0 Å². The van der Waals surface area contributed by atoms with Crippen molar-refractivity contribution in [3.05, 3.63) is 0 Å². The molecule has 4 saturated carbocycles. The minimum absolute atomic E-state index is 0.0841. The van der Waals surface area contributed by atoms with Gasteiger partial charge in [-0.25, -0.2) is 0 Å². The van der Waals surface area contributed by atoms with Crippen molar-refractivity contribution >= 4 is 28.4 Å². The van der Waals surface area contributed by atoms with Crippen LogP contribution in [0.15, 0.2) is 0 Å². The highest BCUT2D eigenvalue weighted by Gasteiger charge is 2.62. The van der Waals surface area contributed by atoms with E-state index in [4.69, 9.17) is 0 Å². The lowest BCUT2D eigenvalue weighted by Crippen LogP contribution is -2.56. The second-order valence-electron chi connectivity index (χ2n) is 9.53. The molecule has 0 bridgehead atoms. The molecule has 0 aromatic heterocycles. The standard InChI is InChI=1S/C21H30O3S/c1-12(22)25-13-6-8-20(2)16-7-9-21(3)15(4-5-19(21)24)14(16)11-18(23)17(20)10-13/h13-17H,4-11H2,1-3H3/t13-,14-,15-,16-,17?,20+,21-/m0/s1. The van der Waals surface area contributed by atoms with E-state index in [9.17, 15) is 14.4 Å². The number of fused-ring (bicyclic) bond motifs is 5. The van der Waals surface area contributed by atoms with Gasteiger partial charge in [-0.15, -0.1) is 0 Å². The minimum Gasteiger partial charge on any atom is -0.299 e. The summed E-state index contributed by atoms with van der Waals surface area (Å²) in [5.41, 5.74) is -0.0762. The fourth-order valence-corrected chi connectivity index (χ4v) is 8.11. The summed E-state index contributed by atoms with van der Waals surface area (Å²) in [5.74, 6) is 2.41. The van der Waals surface area contributed by atoms with Gasteiger partial charge < -0.3 is 0 Å². The van der Waals surface area contributed by atoms with Crippen molar-refractivity contribution in [3.8, 4) is 0 Å². The third-order valence-corrected chi connectivity index (χ3v) is 9.54. The highest BCUT2D eigenvalue weighted by atomic mass is 32.2. The number of carbonyl (C=O) groups is 3. The van der Waals surface area contributed by atoms with Crippen LogP contribution in [-0.2, 0) is 14.4 Å². The molecule has 138 valence electrons. The molecule has 0 spiro atoms. The molecule has 0 aromatic carbocycles. The smallest absolute Gasteiger partial charge is 0.186 e. The topological polar surface area (TPSA) is 51.2 Å². The second-order valence-corrected chi connectivity index (χ2v) is 11.0. The van der Waals surface area contributed by atoms with E-state index in [0.29, 0.717) is 41.0 Å². The van der Waals surface area contributed by atoms with Crippen LogP contribution in [0.2, 0.25) is 0 Å². The lowest BCUT2D eigenvalue weighted by Gasteiger charge is -2.59. The molecule has 0 heterocycles. The maximum Gasteiger partial charge on any atom is 0.186 e. The van der Waals surface area contributed by atoms with Crippen LogP contribution in [-0.4, -0.2) is 21.9 Å². The molecule has 4 fully saturated rings. The molecular formula is C21H30O3S. The van der Waals surface area contributed by atoms with Crippen LogP contribution in [0.4, 0.5) is 0 Å². The third kappa shape index (κ3) is 2.57. The Morgan fingerprint density at radius 2 is 1.84 bits per heavy atom. The molecule has 3 nitrogen and oxygen atoms in total. The van der Waals surface area contributed by atoms with Crippen LogP contribution >= 0.6 is 11.8 Å². The fourth-order valence-electron chi connectivity index (χ4n) is 7.12. The van der Waals surface area contributed by atoms with Crippen molar-refractivity contribution in [3.63, 3.8) is 0 Å². The Labute approximate surface area is 155 Å². The molecule has 0 aliphatic heterocycles.